The molecule has 0 aromatic carbocycles. The molecule has 0 aliphatic carbocycles. The summed E-state index contributed by atoms with van der Waals surface area (Å²) in [6.45, 7) is 17.9. The first-order valence-corrected chi connectivity index (χ1v) is 10.7. The smallest absolute Gasteiger partial charge is 0.126 e. The topological polar surface area (TPSA) is 12.0 Å². The van der Waals surface area contributed by atoms with E-state index in [4.69, 9.17) is 0 Å². The molecule has 0 fully saturated rings. The lowest BCUT2D eigenvalue weighted by atomic mass is 10.2. The summed E-state index contributed by atoms with van der Waals surface area (Å²) in [5.74, 6) is 2.51. The van der Waals surface area contributed by atoms with Gasteiger partial charge in [-0.1, -0.05) is 54.9 Å². The Morgan fingerprint density at radius 1 is 0.778 bits per heavy atom. The highest BCUT2D eigenvalue weighted by molar-refractivity contribution is 6.77. The van der Waals surface area contributed by atoms with Crippen molar-refractivity contribution in [2.45, 2.75) is 79.4 Å². The maximum Gasteiger partial charge on any atom is 0.126 e. The Hall–Kier alpha value is 0.177. The van der Waals surface area contributed by atoms with Gasteiger partial charge in [0.05, 0.1) is 0 Å². The zero-order chi connectivity index (χ0) is 14.2. The predicted molar refractivity (Wildman–Crippen MR) is 87.6 cm³/mol. The lowest BCUT2D eigenvalue weighted by molar-refractivity contribution is 0.612. The average Bonchev–Trinajstić information content (AvgIpc) is 2.13. The van der Waals surface area contributed by atoms with Crippen LogP contribution in [0.25, 0.3) is 0 Å². The third-order valence-electron chi connectivity index (χ3n) is 3.43. The maximum atomic E-state index is 4.07. The van der Waals surface area contributed by atoms with Gasteiger partial charge in [-0.2, -0.15) is 0 Å². The molecule has 0 aliphatic rings. The Morgan fingerprint density at radius 2 is 1.17 bits per heavy atom. The molecule has 0 rings (SSSR count). The predicted octanol–water partition coefficient (Wildman–Crippen LogP) is 5.29. The van der Waals surface area contributed by atoms with Crippen molar-refractivity contribution in [2.75, 3.05) is 6.54 Å². The minimum Gasteiger partial charge on any atom is -0.337 e. The summed E-state index contributed by atoms with van der Waals surface area (Å²) in [7, 11) is -1.27. The molecule has 0 atom stereocenters. The fourth-order valence-corrected chi connectivity index (χ4v) is 9.67. The van der Waals surface area contributed by atoms with Crippen LogP contribution in [0, 0.1) is 17.8 Å². The highest BCUT2D eigenvalue weighted by atomic mass is 28.3. The molecule has 0 heterocycles. The highest BCUT2D eigenvalue weighted by Gasteiger charge is 2.34. The molecular weight excluding hydrogens is 234 g/mol. The molecule has 0 spiro atoms. The quantitative estimate of drug-likeness (QED) is 0.420. The Kier molecular flexibility index (Phi) is 9.23. The van der Waals surface area contributed by atoms with Crippen molar-refractivity contribution in [1.82, 2.24) is 4.98 Å². The van der Waals surface area contributed by atoms with Crippen LogP contribution in [0.2, 0.25) is 18.1 Å². The van der Waals surface area contributed by atoms with Gasteiger partial charge in [0.25, 0.3) is 0 Å². The molecule has 110 valence electrons. The zero-order valence-corrected chi connectivity index (χ0v) is 15.0. The van der Waals surface area contributed by atoms with E-state index in [1.54, 1.807) is 0 Å². The summed E-state index contributed by atoms with van der Waals surface area (Å²) in [5.41, 5.74) is 0. The van der Waals surface area contributed by atoms with Gasteiger partial charge in [0.15, 0.2) is 0 Å². The minimum atomic E-state index is -1.27. The van der Waals surface area contributed by atoms with Crippen LogP contribution in [-0.2, 0) is 0 Å². The van der Waals surface area contributed by atoms with E-state index in [-0.39, 0.29) is 0 Å². The molecule has 1 nitrogen and oxygen atoms in total. The zero-order valence-electron chi connectivity index (χ0n) is 14.0. The van der Waals surface area contributed by atoms with Crippen molar-refractivity contribution in [3.05, 3.63) is 0 Å². The van der Waals surface area contributed by atoms with E-state index >= 15 is 0 Å². The van der Waals surface area contributed by atoms with Crippen LogP contribution < -0.4 is 4.98 Å². The van der Waals surface area contributed by atoms with Crippen LogP contribution in [0.1, 0.15) is 61.3 Å². The van der Waals surface area contributed by atoms with Crippen LogP contribution in [0.5, 0.6) is 0 Å². The third-order valence-corrected chi connectivity index (χ3v) is 9.22. The minimum absolute atomic E-state index is 0.836. The van der Waals surface area contributed by atoms with Gasteiger partial charge in [0.2, 0.25) is 0 Å². The summed E-state index contributed by atoms with van der Waals surface area (Å²) in [4.78, 5) is 4.07. The highest BCUT2D eigenvalue weighted by Crippen LogP contribution is 2.29. The molecule has 0 unspecified atom stereocenters. The molecule has 0 aliphatic heterocycles. The molecule has 0 bridgehead atoms. The van der Waals surface area contributed by atoms with Gasteiger partial charge in [-0.25, -0.2) is 0 Å². The van der Waals surface area contributed by atoms with Crippen LogP contribution >= 0.6 is 0 Å². The first kappa shape index (κ1) is 18.2. The van der Waals surface area contributed by atoms with Crippen molar-refractivity contribution in [3.8, 4) is 0 Å². The number of nitrogens with one attached hydrogen (secondary N) is 1. The summed E-state index contributed by atoms with van der Waals surface area (Å²) in [5, 5.41) is 0. The number of rotatable bonds is 10. The van der Waals surface area contributed by atoms with E-state index in [0.717, 1.165) is 17.8 Å². The second-order valence-corrected chi connectivity index (χ2v) is 11.5. The van der Waals surface area contributed by atoms with Gasteiger partial charge >= 0.3 is 0 Å². The molecule has 0 saturated heterocycles. The Labute approximate surface area is 117 Å². The molecule has 0 aromatic heterocycles. The van der Waals surface area contributed by atoms with Crippen molar-refractivity contribution >= 4 is 8.24 Å². The Morgan fingerprint density at radius 3 is 1.44 bits per heavy atom. The van der Waals surface area contributed by atoms with Crippen molar-refractivity contribution in [1.29, 1.82) is 0 Å². The van der Waals surface area contributed by atoms with E-state index < -0.39 is 8.24 Å². The molecule has 0 amide bonds. The molecule has 0 aromatic rings. The largest absolute Gasteiger partial charge is 0.337 e. The monoisotopic (exact) mass is 271 g/mol. The number of hydrogen-bond donors (Lipinski definition) is 1. The van der Waals surface area contributed by atoms with Gasteiger partial charge in [-0.3, -0.25) is 0 Å². The van der Waals surface area contributed by atoms with Gasteiger partial charge in [-0.05, 0) is 48.9 Å². The number of hydrogen-bond acceptors (Lipinski definition) is 1. The molecule has 2 heteroatoms. The maximum absolute atomic E-state index is 4.07. The van der Waals surface area contributed by atoms with E-state index in [0.29, 0.717) is 0 Å². The van der Waals surface area contributed by atoms with Gasteiger partial charge in [0, 0.05) is 0 Å². The van der Waals surface area contributed by atoms with Crippen LogP contribution in [0.3, 0.4) is 0 Å². The lowest BCUT2D eigenvalue weighted by Crippen LogP contribution is -2.53. The second-order valence-electron chi connectivity index (χ2n) is 7.35. The van der Waals surface area contributed by atoms with Crippen molar-refractivity contribution < 1.29 is 0 Å². The van der Waals surface area contributed by atoms with E-state index in [1.165, 1.54) is 37.5 Å². The SMILES string of the molecule is CCCCN[Si](CC(C)C)(CC(C)C)CC(C)C. The summed E-state index contributed by atoms with van der Waals surface area (Å²) in [6.07, 6.45) is 2.64. The molecule has 1 N–H and O–H groups in total. The normalized spacial score (nSPS) is 13.0. The third kappa shape index (κ3) is 8.31. The van der Waals surface area contributed by atoms with Crippen LogP contribution in [0.4, 0.5) is 0 Å². The van der Waals surface area contributed by atoms with Crippen LogP contribution in [-0.4, -0.2) is 14.8 Å². The fourth-order valence-electron chi connectivity index (χ4n) is 3.34. The average molecular weight is 272 g/mol. The fraction of sp³-hybridized carbons (Fsp3) is 1.00. The van der Waals surface area contributed by atoms with E-state index in [9.17, 15) is 0 Å². The summed E-state index contributed by atoms with van der Waals surface area (Å²) < 4.78 is 0. The first-order chi connectivity index (χ1) is 8.31. The first-order valence-electron chi connectivity index (χ1n) is 8.06. The van der Waals surface area contributed by atoms with E-state index in [1.807, 2.05) is 0 Å². The van der Waals surface area contributed by atoms with E-state index in [2.05, 4.69) is 53.4 Å². The van der Waals surface area contributed by atoms with Crippen molar-refractivity contribution in [3.63, 3.8) is 0 Å². The Bertz CT molecular complexity index is 173. The summed E-state index contributed by atoms with van der Waals surface area (Å²) >= 11 is 0. The number of unbranched alkanes of at least 4 members (excludes halogenated alkanes) is 1. The van der Waals surface area contributed by atoms with Gasteiger partial charge < -0.3 is 4.98 Å². The lowest BCUT2D eigenvalue weighted by Gasteiger charge is -2.37. The standard InChI is InChI=1S/C16H37NSi/c1-8-9-10-17-18(11-14(2)3,12-15(4)5)13-16(6)7/h14-17H,8-13H2,1-7H3. The van der Waals surface area contributed by atoms with Crippen molar-refractivity contribution in [2.24, 2.45) is 17.8 Å². The molecule has 18 heavy (non-hydrogen) atoms. The summed E-state index contributed by atoms with van der Waals surface area (Å²) in [6, 6.07) is 4.35. The van der Waals surface area contributed by atoms with Gasteiger partial charge in [0.1, 0.15) is 8.24 Å². The second kappa shape index (κ2) is 9.14. The Balaban J connectivity index is 4.74. The molecular formula is C16H37NSi. The van der Waals surface area contributed by atoms with Crippen LogP contribution in [0.15, 0.2) is 0 Å². The van der Waals surface area contributed by atoms with Gasteiger partial charge in [-0.15, -0.1) is 0 Å². The molecule has 0 saturated carbocycles. The molecule has 0 radical (unpaired) electrons.